The quantitative estimate of drug-likeness (QED) is 0.848. The number of nitrogens with one attached hydrogen (secondary N) is 1. The van der Waals surface area contributed by atoms with E-state index in [1.165, 1.54) is 0 Å². The molecule has 5 heteroatoms. The van der Waals surface area contributed by atoms with Gasteiger partial charge in [-0.2, -0.15) is 0 Å². The number of fused-ring (bicyclic) bond motifs is 1. The standard InChI is InChI=1S/C16H22N4O/c1-9(2)18-16(21)10(3)20-14-7-6-12(17)8-13(14)19-15(20)11-4-5-11/h6-11H,4-5,17H2,1-3H3,(H,18,21). The predicted molar refractivity (Wildman–Crippen MR) is 84.1 cm³/mol. The molecule has 1 aliphatic carbocycles. The SMILES string of the molecule is CC(C)NC(=O)C(C)n1c(C2CC2)nc2cc(N)ccc21. The molecule has 2 aromatic rings. The van der Waals surface area contributed by atoms with Crippen molar-refractivity contribution in [3.8, 4) is 0 Å². The van der Waals surface area contributed by atoms with Crippen LogP contribution in [0.4, 0.5) is 5.69 Å². The van der Waals surface area contributed by atoms with Crippen molar-refractivity contribution in [2.45, 2.75) is 51.6 Å². The van der Waals surface area contributed by atoms with Crippen molar-refractivity contribution in [2.75, 3.05) is 5.73 Å². The molecule has 1 saturated carbocycles. The van der Waals surface area contributed by atoms with Gasteiger partial charge >= 0.3 is 0 Å². The highest BCUT2D eigenvalue weighted by atomic mass is 16.2. The van der Waals surface area contributed by atoms with Crippen LogP contribution in [0.1, 0.15) is 51.4 Å². The van der Waals surface area contributed by atoms with Gasteiger partial charge in [0.25, 0.3) is 0 Å². The van der Waals surface area contributed by atoms with Gasteiger partial charge in [0.1, 0.15) is 11.9 Å². The maximum Gasteiger partial charge on any atom is 0.243 e. The van der Waals surface area contributed by atoms with E-state index >= 15 is 0 Å². The zero-order chi connectivity index (χ0) is 15.1. The molecule has 3 rings (SSSR count). The lowest BCUT2D eigenvalue weighted by Gasteiger charge is -2.19. The zero-order valence-electron chi connectivity index (χ0n) is 12.8. The van der Waals surface area contributed by atoms with Crippen molar-refractivity contribution < 1.29 is 4.79 Å². The molecule has 1 amide bonds. The maximum atomic E-state index is 12.4. The van der Waals surface area contributed by atoms with Crippen LogP contribution in [0.2, 0.25) is 0 Å². The van der Waals surface area contributed by atoms with E-state index in [0.717, 1.165) is 29.7 Å². The van der Waals surface area contributed by atoms with Crippen LogP contribution in [0.25, 0.3) is 11.0 Å². The van der Waals surface area contributed by atoms with Crippen LogP contribution < -0.4 is 11.1 Å². The second kappa shape index (κ2) is 5.06. The number of hydrogen-bond acceptors (Lipinski definition) is 3. The lowest BCUT2D eigenvalue weighted by atomic mass is 10.2. The third-order valence-electron chi connectivity index (χ3n) is 3.88. The summed E-state index contributed by atoms with van der Waals surface area (Å²) < 4.78 is 2.07. The van der Waals surface area contributed by atoms with Crippen LogP contribution in [-0.2, 0) is 4.79 Å². The summed E-state index contributed by atoms with van der Waals surface area (Å²) in [4.78, 5) is 17.1. The summed E-state index contributed by atoms with van der Waals surface area (Å²) in [5.74, 6) is 1.53. The summed E-state index contributed by atoms with van der Waals surface area (Å²) in [6, 6.07) is 5.57. The minimum absolute atomic E-state index is 0.0306. The first-order valence-corrected chi connectivity index (χ1v) is 7.55. The molecule has 0 saturated heterocycles. The van der Waals surface area contributed by atoms with Gasteiger partial charge in [0, 0.05) is 17.6 Å². The van der Waals surface area contributed by atoms with Crippen molar-refractivity contribution in [1.82, 2.24) is 14.9 Å². The summed E-state index contributed by atoms with van der Waals surface area (Å²) >= 11 is 0. The van der Waals surface area contributed by atoms with E-state index in [2.05, 4.69) is 9.88 Å². The average molecular weight is 286 g/mol. The number of anilines is 1. The molecule has 1 aromatic carbocycles. The number of carbonyl (C=O) groups is 1. The third-order valence-corrected chi connectivity index (χ3v) is 3.88. The molecular weight excluding hydrogens is 264 g/mol. The molecule has 3 N–H and O–H groups in total. The molecule has 0 radical (unpaired) electrons. The second-order valence-corrected chi connectivity index (χ2v) is 6.20. The number of rotatable bonds is 4. The highest BCUT2D eigenvalue weighted by molar-refractivity contribution is 5.85. The summed E-state index contributed by atoms with van der Waals surface area (Å²) in [5, 5.41) is 2.98. The number of nitrogens with zero attached hydrogens (tertiary/aromatic N) is 2. The summed E-state index contributed by atoms with van der Waals surface area (Å²) in [5.41, 5.74) is 8.41. The Morgan fingerprint density at radius 2 is 2.10 bits per heavy atom. The number of imidazole rings is 1. The lowest BCUT2D eigenvalue weighted by molar-refractivity contribution is -0.124. The van der Waals surface area contributed by atoms with Gasteiger partial charge in [0.05, 0.1) is 11.0 Å². The van der Waals surface area contributed by atoms with Crippen LogP contribution in [-0.4, -0.2) is 21.5 Å². The topological polar surface area (TPSA) is 72.9 Å². The molecule has 1 fully saturated rings. The highest BCUT2D eigenvalue weighted by Crippen LogP contribution is 2.42. The van der Waals surface area contributed by atoms with E-state index in [1.807, 2.05) is 39.0 Å². The Morgan fingerprint density at radius 3 is 2.71 bits per heavy atom. The van der Waals surface area contributed by atoms with Crippen molar-refractivity contribution in [3.05, 3.63) is 24.0 Å². The molecule has 0 bridgehead atoms. The van der Waals surface area contributed by atoms with E-state index in [0.29, 0.717) is 11.6 Å². The number of benzene rings is 1. The largest absolute Gasteiger partial charge is 0.399 e. The molecule has 1 aromatic heterocycles. The summed E-state index contributed by atoms with van der Waals surface area (Å²) in [6.07, 6.45) is 2.30. The molecule has 1 atom stereocenters. The van der Waals surface area contributed by atoms with Crippen molar-refractivity contribution in [2.24, 2.45) is 0 Å². The minimum Gasteiger partial charge on any atom is -0.399 e. The van der Waals surface area contributed by atoms with Gasteiger partial charge in [-0.3, -0.25) is 4.79 Å². The van der Waals surface area contributed by atoms with E-state index in [1.54, 1.807) is 0 Å². The van der Waals surface area contributed by atoms with Crippen LogP contribution in [0.3, 0.4) is 0 Å². The minimum atomic E-state index is -0.267. The molecule has 1 heterocycles. The summed E-state index contributed by atoms with van der Waals surface area (Å²) in [7, 11) is 0. The molecule has 0 aliphatic heterocycles. The third kappa shape index (κ3) is 2.60. The normalized spacial score (nSPS) is 16.4. The van der Waals surface area contributed by atoms with Crippen molar-refractivity contribution >= 4 is 22.6 Å². The molecule has 21 heavy (non-hydrogen) atoms. The van der Waals surface area contributed by atoms with Crippen LogP contribution >= 0.6 is 0 Å². The number of nitrogen functional groups attached to an aromatic ring is 1. The number of carbonyl (C=O) groups excluding carboxylic acids is 1. The van der Waals surface area contributed by atoms with Crippen molar-refractivity contribution in [1.29, 1.82) is 0 Å². The molecule has 5 nitrogen and oxygen atoms in total. The lowest BCUT2D eigenvalue weighted by Crippen LogP contribution is -2.36. The van der Waals surface area contributed by atoms with Gasteiger partial charge in [-0.25, -0.2) is 4.98 Å². The first-order valence-electron chi connectivity index (χ1n) is 7.55. The average Bonchev–Trinajstić information content (AvgIpc) is 3.18. The Kier molecular flexibility index (Phi) is 3.35. The fraction of sp³-hybridized carbons (Fsp3) is 0.500. The van der Waals surface area contributed by atoms with Gasteiger partial charge in [-0.15, -0.1) is 0 Å². The molecular formula is C16H22N4O. The van der Waals surface area contributed by atoms with E-state index in [4.69, 9.17) is 10.7 Å². The van der Waals surface area contributed by atoms with Crippen LogP contribution in [0.5, 0.6) is 0 Å². The molecule has 1 unspecified atom stereocenters. The van der Waals surface area contributed by atoms with Crippen LogP contribution in [0, 0.1) is 0 Å². The van der Waals surface area contributed by atoms with Crippen molar-refractivity contribution in [3.63, 3.8) is 0 Å². The summed E-state index contributed by atoms with van der Waals surface area (Å²) in [6.45, 7) is 5.87. The van der Waals surface area contributed by atoms with E-state index < -0.39 is 0 Å². The second-order valence-electron chi connectivity index (χ2n) is 6.20. The van der Waals surface area contributed by atoms with Gasteiger partial charge in [0.15, 0.2) is 0 Å². The predicted octanol–water partition coefficient (Wildman–Crippen LogP) is 2.58. The van der Waals surface area contributed by atoms with E-state index in [-0.39, 0.29) is 18.0 Å². The Morgan fingerprint density at radius 1 is 1.38 bits per heavy atom. The Balaban J connectivity index is 2.06. The zero-order valence-corrected chi connectivity index (χ0v) is 12.8. The number of hydrogen-bond donors (Lipinski definition) is 2. The monoisotopic (exact) mass is 286 g/mol. The number of nitrogens with two attached hydrogens (primary N) is 1. The van der Waals surface area contributed by atoms with Gasteiger partial charge < -0.3 is 15.6 Å². The smallest absolute Gasteiger partial charge is 0.243 e. The Hall–Kier alpha value is -2.04. The number of aromatic nitrogens is 2. The fourth-order valence-electron chi connectivity index (χ4n) is 2.69. The first kappa shape index (κ1) is 13.9. The maximum absolute atomic E-state index is 12.4. The van der Waals surface area contributed by atoms with E-state index in [9.17, 15) is 4.79 Å². The van der Waals surface area contributed by atoms with Crippen LogP contribution in [0.15, 0.2) is 18.2 Å². The fourth-order valence-corrected chi connectivity index (χ4v) is 2.69. The first-order chi connectivity index (χ1) is 9.97. The van der Waals surface area contributed by atoms with Gasteiger partial charge in [-0.1, -0.05) is 0 Å². The molecule has 0 spiro atoms. The molecule has 112 valence electrons. The van der Waals surface area contributed by atoms with Gasteiger partial charge in [0.2, 0.25) is 5.91 Å². The van der Waals surface area contributed by atoms with Gasteiger partial charge in [-0.05, 0) is 51.8 Å². The number of amides is 1. The molecule has 1 aliphatic rings. The Labute approximate surface area is 124 Å². The Bertz CT molecular complexity index is 685. The highest BCUT2D eigenvalue weighted by Gasteiger charge is 2.32.